The van der Waals surface area contributed by atoms with Crippen molar-refractivity contribution in [1.29, 1.82) is 0 Å². The highest BCUT2D eigenvalue weighted by atomic mass is 127. The Labute approximate surface area is 171 Å². The fraction of sp³-hybridized carbons (Fsp3) is 0.889. The van der Waals surface area contributed by atoms with E-state index < -0.39 is 5.41 Å². The first-order valence-electron chi connectivity index (χ1n) is 9.34. The number of halogens is 1. The Morgan fingerprint density at radius 3 is 2.40 bits per heavy atom. The predicted octanol–water partition coefficient (Wildman–Crippen LogP) is 2.05. The lowest BCUT2D eigenvalue weighted by Gasteiger charge is -2.30. The lowest BCUT2D eigenvalue weighted by atomic mass is 9.92. The maximum absolute atomic E-state index is 12.0. The van der Waals surface area contributed by atoms with Gasteiger partial charge in [-0.05, 0) is 65.6 Å². The average molecular weight is 467 g/mol. The second-order valence-electron chi connectivity index (χ2n) is 7.47. The van der Waals surface area contributed by atoms with Gasteiger partial charge in [0, 0.05) is 26.7 Å². The molecule has 0 aromatic carbocycles. The third-order valence-electron chi connectivity index (χ3n) is 4.69. The quantitative estimate of drug-likeness (QED) is 0.221. The van der Waals surface area contributed by atoms with Crippen molar-refractivity contribution in [3.63, 3.8) is 0 Å². The summed E-state index contributed by atoms with van der Waals surface area (Å²) >= 11 is 0. The summed E-state index contributed by atoms with van der Waals surface area (Å²) < 4.78 is 0. The van der Waals surface area contributed by atoms with Crippen LogP contribution in [0, 0.1) is 11.3 Å². The van der Waals surface area contributed by atoms with Crippen LogP contribution >= 0.6 is 24.0 Å². The fourth-order valence-corrected chi connectivity index (χ4v) is 2.80. The lowest BCUT2D eigenvalue weighted by Crippen LogP contribution is -2.48. The zero-order chi connectivity index (χ0) is 18.0. The Morgan fingerprint density at radius 1 is 1.20 bits per heavy atom. The Balaban J connectivity index is 0.00000576. The van der Waals surface area contributed by atoms with Crippen molar-refractivity contribution >= 4 is 35.8 Å². The molecule has 1 fully saturated rings. The number of hydrogen-bond donors (Lipinski definition) is 3. The number of carbonyl (C=O) groups excluding carboxylic acids is 1. The normalized spacial score (nSPS) is 16.9. The SMILES string of the molecule is CCNC(=O)C(C)(C)CNC(=NC)NCCCN1CCC(C)CC1.I. The molecule has 0 spiro atoms. The number of rotatable bonds is 8. The summed E-state index contributed by atoms with van der Waals surface area (Å²) in [5, 5.41) is 9.47. The van der Waals surface area contributed by atoms with Gasteiger partial charge in [-0.1, -0.05) is 6.92 Å². The Morgan fingerprint density at radius 2 is 1.84 bits per heavy atom. The molecule has 6 nitrogen and oxygen atoms in total. The summed E-state index contributed by atoms with van der Waals surface area (Å²) in [4.78, 5) is 18.8. The largest absolute Gasteiger partial charge is 0.356 e. The van der Waals surface area contributed by atoms with Crippen LogP contribution in [0.1, 0.15) is 47.0 Å². The number of nitrogens with zero attached hydrogens (tertiary/aromatic N) is 2. The monoisotopic (exact) mass is 467 g/mol. The van der Waals surface area contributed by atoms with Crippen molar-refractivity contribution in [2.24, 2.45) is 16.3 Å². The smallest absolute Gasteiger partial charge is 0.227 e. The minimum atomic E-state index is -0.460. The van der Waals surface area contributed by atoms with E-state index in [-0.39, 0.29) is 29.9 Å². The minimum absolute atomic E-state index is 0. The van der Waals surface area contributed by atoms with Gasteiger partial charge in [0.15, 0.2) is 5.96 Å². The highest BCUT2D eigenvalue weighted by Crippen LogP contribution is 2.15. The Kier molecular flexibility index (Phi) is 12.4. The van der Waals surface area contributed by atoms with E-state index in [0.29, 0.717) is 13.1 Å². The third kappa shape index (κ3) is 9.63. The van der Waals surface area contributed by atoms with Crippen LogP contribution < -0.4 is 16.0 Å². The molecule has 25 heavy (non-hydrogen) atoms. The number of piperidine rings is 1. The van der Waals surface area contributed by atoms with Gasteiger partial charge in [0.25, 0.3) is 0 Å². The topological polar surface area (TPSA) is 68.8 Å². The maximum Gasteiger partial charge on any atom is 0.227 e. The molecule has 0 aromatic rings. The molecule has 1 amide bonds. The molecule has 148 valence electrons. The van der Waals surface area contributed by atoms with Gasteiger partial charge in [0.2, 0.25) is 5.91 Å². The van der Waals surface area contributed by atoms with Gasteiger partial charge < -0.3 is 20.9 Å². The van der Waals surface area contributed by atoms with Crippen LogP contribution in [0.3, 0.4) is 0 Å². The van der Waals surface area contributed by atoms with Crippen LogP contribution in [0.2, 0.25) is 0 Å². The molecule has 7 heteroatoms. The number of carbonyl (C=O) groups is 1. The van der Waals surface area contributed by atoms with Crippen molar-refractivity contribution in [1.82, 2.24) is 20.9 Å². The molecule has 0 radical (unpaired) electrons. The number of amides is 1. The number of hydrogen-bond acceptors (Lipinski definition) is 3. The molecule has 0 saturated carbocycles. The molecule has 1 aliphatic heterocycles. The van der Waals surface area contributed by atoms with Gasteiger partial charge in [-0.2, -0.15) is 0 Å². The standard InChI is InChI=1S/C18H37N5O.HI/c1-6-20-16(24)18(3,4)14-22-17(19-5)21-10-7-11-23-12-8-15(2)9-13-23;/h15H,6-14H2,1-5H3,(H,20,24)(H2,19,21,22);1H. The van der Waals surface area contributed by atoms with Crippen molar-refractivity contribution in [3.8, 4) is 0 Å². The van der Waals surface area contributed by atoms with Crippen LogP contribution in [0.25, 0.3) is 0 Å². The van der Waals surface area contributed by atoms with Crippen molar-refractivity contribution in [3.05, 3.63) is 0 Å². The molecule has 1 aliphatic rings. The number of guanidine groups is 1. The van der Waals surface area contributed by atoms with E-state index in [1.807, 2.05) is 20.8 Å². The Hall–Kier alpha value is -0.570. The number of nitrogens with one attached hydrogen (secondary N) is 3. The number of likely N-dealkylation sites (tertiary alicyclic amines) is 1. The molecule has 0 aliphatic carbocycles. The number of aliphatic imine (C=N–C) groups is 1. The van der Waals surface area contributed by atoms with Crippen LogP contribution in [-0.4, -0.2) is 63.1 Å². The van der Waals surface area contributed by atoms with E-state index in [1.54, 1.807) is 7.05 Å². The molecule has 1 heterocycles. The first-order chi connectivity index (χ1) is 11.4. The third-order valence-corrected chi connectivity index (χ3v) is 4.69. The van der Waals surface area contributed by atoms with Gasteiger partial charge in [-0.25, -0.2) is 0 Å². The summed E-state index contributed by atoms with van der Waals surface area (Å²) in [5.41, 5.74) is -0.460. The molecule has 0 aromatic heterocycles. The maximum atomic E-state index is 12.0. The van der Waals surface area contributed by atoms with E-state index in [0.717, 1.165) is 31.4 Å². The first-order valence-corrected chi connectivity index (χ1v) is 9.34. The molecular formula is C18H38IN5O. The predicted molar refractivity (Wildman–Crippen MR) is 117 cm³/mol. The molecule has 1 rings (SSSR count). The highest BCUT2D eigenvalue weighted by Gasteiger charge is 2.27. The zero-order valence-electron chi connectivity index (χ0n) is 16.7. The van der Waals surface area contributed by atoms with Gasteiger partial charge in [-0.15, -0.1) is 24.0 Å². The van der Waals surface area contributed by atoms with Crippen molar-refractivity contribution in [2.75, 3.05) is 46.3 Å². The second-order valence-corrected chi connectivity index (χ2v) is 7.47. The first kappa shape index (κ1) is 24.4. The zero-order valence-corrected chi connectivity index (χ0v) is 19.0. The summed E-state index contributed by atoms with van der Waals surface area (Å²) in [6.07, 6.45) is 3.76. The molecule has 0 unspecified atom stereocenters. The highest BCUT2D eigenvalue weighted by molar-refractivity contribution is 14.0. The molecule has 0 atom stereocenters. The second kappa shape index (κ2) is 12.7. The fourth-order valence-electron chi connectivity index (χ4n) is 2.80. The Bertz CT molecular complexity index is 406. The molecular weight excluding hydrogens is 429 g/mol. The summed E-state index contributed by atoms with van der Waals surface area (Å²) in [6.45, 7) is 13.9. The van der Waals surface area contributed by atoms with Crippen LogP contribution in [0.4, 0.5) is 0 Å². The van der Waals surface area contributed by atoms with E-state index >= 15 is 0 Å². The van der Waals surface area contributed by atoms with E-state index in [2.05, 4.69) is 32.8 Å². The van der Waals surface area contributed by atoms with E-state index in [9.17, 15) is 4.79 Å². The summed E-state index contributed by atoms with van der Waals surface area (Å²) in [6, 6.07) is 0. The van der Waals surface area contributed by atoms with Crippen molar-refractivity contribution in [2.45, 2.75) is 47.0 Å². The average Bonchev–Trinajstić information content (AvgIpc) is 2.56. The van der Waals surface area contributed by atoms with Gasteiger partial charge in [-0.3, -0.25) is 9.79 Å². The lowest BCUT2D eigenvalue weighted by molar-refractivity contribution is -0.128. The summed E-state index contributed by atoms with van der Waals surface area (Å²) in [7, 11) is 1.76. The van der Waals surface area contributed by atoms with Crippen LogP contribution in [-0.2, 0) is 4.79 Å². The molecule has 3 N–H and O–H groups in total. The molecule has 1 saturated heterocycles. The minimum Gasteiger partial charge on any atom is -0.356 e. The van der Waals surface area contributed by atoms with Crippen LogP contribution in [0.5, 0.6) is 0 Å². The van der Waals surface area contributed by atoms with Gasteiger partial charge >= 0.3 is 0 Å². The van der Waals surface area contributed by atoms with Crippen molar-refractivity contribution < 1.29 is 4.79 Å². The van der Waals surface area contributed by atoms with Gasteiger partial charge in [0.1, 0.15) is 0 Å². The van der Waals surface area contributed by atoms with E-state index in [1.165, 1.54) is 25.9 Å². The summed E-state index contributed by atoms with van der Waals surface area (Å²) in [5.74, 6) is 1.71. The van der Waals surface area contributed by atoms with Gasteiger partial charge in [0.05, 0.1) is 5.41 Å². The molecule has 0 bridgehead atoms. The van der Waals surface area contributed by atoms with E-state index in [4.69, 9.17) is 0 Å². The van der Waals surface area contributed by atoms with Crippen LogP contribution in [0.15, 0.2) is 4.99 Å².